The van der Waals surface area contributed by atoms with Crippen molar-refractivity contribution in [2.75, 3.05) is 20.3 Å². The summed E-state index contributed by atoms with van der Waals surface area (Å²) in [5.74, 6) is -0.164. The van der Waals surface area contributed by atoms with Crippen LogP contribution in [0.5, 0.6) is 0 Å². The van der Waals surface area contributed by atoms with Crippen molar-refractivity contribution < 1.29 is 9.13 Å². The molecule has 0 spiro atoms. The van der Waals surface area contributed by atoms with Crippen molar-refractivity contribution in [1.29, 1.82) is 0 Å². The summed E-state index contributed by atoms with van der Waals surface area (Å²) in [6.07, 6.45) is 1.89. The number of likely N-dealkylation sites (N-methyl/N-ethyl adjacent to an activating group) is 1. The van der Waals surface area contributed by atoms with Crippen molar-refractivity contribution in [3.63, 3.8) is 0 Å². The van der Waals surface area contributed by atoms with Gasteiger partial charge in [-0.05, 0) is 49.6 Å². The predicted octanol–water partition coefficient (Wildman–Crippen LogP) is 2.69. The van der Waals surface area contributed by atoms with Crippen LogP contribution in [0.15, 0.2) is 18.2 Å². The van der Waals surface area contributed by atoms with Gasteiger partial charge in [0.1, 0.15) is 5.82 Å². The van der Waals surface area contributed by atoms with Gasteiger partial charge in [0.25, 0.3) is 0 Å². The molecule has 3 heteroatoms. The highest BCUT2D eigenvalue weighted by Gasteiger charge is 2.10. The summed E-state index contributed by atoms with van der Waals surface area (Å²) >= 11 is 0. The molecule has 0 aromatic heterocycles. The molecular formula is C14H22FNO. The molecule has 17 heavy (non-hydrogen) atoms. The quantitative estimate of drug-likeness (QED) is 0.790. The van der Waals surface area contributed by atoms with Crippen molar-refractivity contribution in [3.8, 4) is 0 Å². The summed E-state index contributed by atoms with van der Waals surface area (Å²) in [7, 11) is 1.71. The molecule has 0 heterocycles. The summed E-state index contributed by atoms with van der Waals surface area (Å²) < 4.78 is 18.1. The first-order valence-corrected chi connectivity index (χ1v) is 6.14. The second-order valence-corrected chi connectivity index (χ2v) is 4.31. The Labute approximate surface area is 103 Å². The Morgan fingerprint density at radius 1 is 1.41 bits per heavy atom. The number of methoxy groups -OCH3 is 1. The summed E-state index contributed by atoms with van der Waals surface area (Å²) in [5.41, 5.74) is 2.22. The van der Waals surface area contributed by atoms with Crippen LogP contribution in [-0.4, -0.2) is 26.3 Å². The van der Waals surface area contributed by atoms with Crippen molar-refractivity contribution >= 4 is 0 Å². The monoisotopic (exact) mass is 239 g/mol. The molecule has 2 nitrogen and oxygen atoms in total. The lowest BCUT2D eigenvalue weighted by Gasteiger charge is -2.18. The first-order chi connectivity index (χ1) is 8.17. The molecule has 1 unspecified atom stereocenters. The number of hydrogen-bond donors (Lipinski definition) is 1. The number of halogens is 1. The molecule has 1 aromatic carbocycles. The van der Waals surface area contributed by atoms with Gasteiger partial charge in [-0.2, -0.15) is 0 Å². The standard InChI is InChI=1S/C14H22FNO/c1-4-16-14(7-8-17-3)10-12-5-6-13(15)9-11(12)2/h5-6,9,14,16H,4,7-8,10H2,1-3H3. The van der Waals surface area contributed by atoms with Gasteiger partial charge in [-0.15, -0.1) is 0 Å². The Morgan fingerprint density at radius 3 is 2.76 bits per heavy atom. The van der Waals surface area contributed by atoms with Gasteiger partial charge >= 0.3 is 0 Å². The smallest absolute Gasteiger partial charge is 0.123 e. The molecule has 1 atom stereocenters. The lowest BCUT2D eigenvalue weighted by Crippen LogP contribution is -2.32. The SMILES string of the molecule is CCNC(CCOC)Cc1ccc(F)cc1C. The Morgan fingerprint density at radius 2 is 2.18 bits per heavy atom. The third kappa shape index (κ3) is 4.84. The minimum atomic E-state index is -0.164. The number of nitrogens with one attached hydrogen (secondary N) is 1. The molecule has 0 amide bonds. The van der Waals surface area contributed by atoms with Crippen molar-refractivity contribution in [1.82, 2.24) is 5.32 Å². The van der Waals surface area contributed by atoms with E-state index in [-0.39, 0.29) is 5.82 Å². The maximum absolute atomic E-state index is 13.0. The molecule has 0 fully saturated rings. The average molecular weight is 239 g/mol. The Kier molecular flexibility index (Phi) is 6.16. The van der Waals surface area contributed by atoms with Gasteiger partial charge in [0.15, 0.2) is 0 Å². The fraction of sp³-hybridized carbons (Fsp3) is 0.571. The van der Waals surface area contributed by atoms with Crippen LogP contribution in [-0.2, 0) is 11.2 Å². The van der Waals surface area contributed by atoms with E-state index in [0.717, 1.165) is 31.6 Å². The first-order valence-electron chi connectivity index (χ1n) is 6.14. The van der Waals surface area contributed by atoms with Crippen molar-refractivity contribution in [2.45, 2.75) is 32.7 Å². The number of benzene rings is 1. The highest BCUT2D eigenvalue weighted by molar-refractivity contribution is 5.27. The number of ether oxygens (including phenoxy) is 1. The van der Waals surface area contributed by atoms with E-state index in [1.54, 1.807) is 13.2 Å². The molecular weight excluding hydrogens is 217 g/mol. The molecule has 1 aromatic rings. The number of hydrogen-bond acceptors (Lipinski definition) is 2. The van der Waals surface area contributed by atoms with E-state index in [1.807, 2.05) is 13.0 Å². The maximum Gasteiger partial charge on any atom is 0.123 e. The van der Waals surface area contributed by atoms with Crippen LogP contribution in [0, 0.1) is 12.7 Å². The molecule has 0 bridgehead atoms. The summed E-state index contributed by atoms with van der Waals surface area (Å²) in [5, 5.41) is 3.43. The molecule has 1 rings (SSSR count). The molecule has 0 saturated carbocycles. The summed E-state index contributed by atoms with van der Waals surface area (Å²) in [4.78, 5) is 0. The van der Waals surface area contributed by atoms with Crippen LogP contribution in [0.4, 0.5) is 4.39 Å². The third-order valence-electron chi connectivity index (χ3n) is 2.93. The van der Waals surface area contributed by atoms with Gasteiger partial charge in [-0.1, -0.05) is 13.0 Å². The molecule has 0 aliphatic carbocycles. The molecule has 0 saturated heterocycles. The van der Waals surface area contributed by atoms with E-state index in [4.69, 9.17) is 4.74 Å². The average Bonchev–Trinajstić information content (AvgIpc) is 2.29. The van der Waals surface area contributed by atoms with E-state index >= 15 is 0 Å². The van der Waals surface area contributed by atoms with Crippen LogP contribution >= 0.6 is 0 Å². The normalized spacial score (nSPS) is 12.7. The van der Waals surface area contributed by atoms with Crippen molar-refractivity contribution in [3.05, 3.63) is 35.1 Å². The van der Waals surface area contributed by atoms with Crippen LogP contribution in [0.1, 0.15) is 24.5 Å². The molecule has 96 valence electrons. The van der Waals surface area contributed by atoms with E-state index < -0.39 is 0 Å². The second-order valence-electron chi connectivity index (χ2n) is 4.31. The zero-order chi connectivity index (χ0) is 12.7. The van der Waals surface area contributed by atoms with Gasteiger partial charge in [0, 0.05) is 19.8 Å². The van der Waals surface area contributed by atoms with Crippen molar-refractivity contribution in [2.24, 2.45) is 0 Å². The van der Waals surface area contributed by atoms with Crippen LogP contribution in [0.2, 0.25) is 0 Å². The molecule has 1 N–H and O–H groups in total. The maximum atomic E-state index is 13.0. The van der Waals surface area contributed by atoms with E-state index in [1.165, 1.54) is 11.6 Å². The lowest BCUT2D eigenvalue weighted by molar-refractivity contribution is 0.183. The van der Waals surface area contributed by atoms with Gasteiger partial charge in [0.2, 0.25) is 0 Å². The second kappa shape index (κ2) is 7.41. The Bertz CT molecular complexity index is 341. The Balaban J connectivity index is 2.64. The van der Waals surface area contributed by atoms with E-state index in [2.05, 4.69) is 12.2 Å². The van der Waals surface area contributed by atoms with Gasteiger partial charge in [0.05, 0.1) is 0 Å². The zero-order valence-electron chi connectivity index (χ0n) is 10.9. The summed E-state index contributed by atoms with van der Waals surface area (Å²) in [6.45, 7) is 5.74. The lowest BCUT2D eigenvalue weighted by atomic mass is 9.99. The highest BCUT2D eigenvalue weighted by Crippen LogP contribution is 2.13. The highest BCUT2D eigenvalue weighted by atomic mass is 19.1. The number of aryl methyl sites for hydroxylation is 1. The minimum Gasteiger partial charge on any atom is -0.385 e. The van der Waals surface area contributed by atoms with Crippen LogP contribution in [0.3, 0.4) is 0 Å². The fourth-order valence-corrected chi connectivity index (χ4v) is 1.98. The van der Waals surface area contributed by atoms with Gasteiger partial charge in [-0.25, -0.2) is 4.39 Å². The summed E-state index contributed by atoms with van der Waals surface area (Å²) in [6, 6.07) is 5.39. The van der Waals surface area contributed by atoms with E-state index in [0.29, 0.717) is 6.04 Å². The zero-order valence-corrected chi connectivity index (χ0v) is 10.9. The van der Waals surface area contributed by atoms with E-state index in [9.17, 15) is 4.39 Å². The van der Waals surface area contributed by atoms with Crippen LogP contribution < -0.4 is 5.32 Å². The third-order valence-corrected chi connectivity index (χ3v) is 2.93. The minimum absolute atomic E-state index is 0.164. The van der Waals surface area contributed by atoms with Gasteiger partial charge in [-0.3, -0.25) is 0 Å². The van der Waals surface area contributed by atoms with Gasteiger partial charge < -0.3 is 10.1 Å². The molecule has 0 aliphatic rings. The number of rotatable bonds is 7. The topological polar surface area (TPSA) is 21.3 Å². The fourth-order valence-electron chi connectivity index (χ4n) is 1.98. The first kappa shape index (κ1) is 14.1. The van der Waals surface area contributed by atoms with Crippen LogP contribution in [0.25, 0.3) is 0 Å². The molecule has 0 aliphatic heterocycles. The Hall–Kier alpha value is -0.930. The molecule has 0 radical (unpaired) electrons. The predicted molar refractivity (Wildman–Crippen MR) is 68.8 cm³/mol. The largest absolute Gasteiger partial charge is 0.385 e.